The summed E-state index contributed by atoms with van der Waals surface area (Å²) in [4.78, 5) is 6.87. The van der Waals surface area contributed by atoms with Crippen molar-refractivity contribution >= 4 is 0 Å². The summed E-state index contributed by atoms with van der Waals surface area (Å²) in [7, 11) is 1.65. The van der Waals surface area contributed by atoms with Gasteiger partial charge in [-0.15, -0.1) is 0 Å². The van der Waals surface area contributed by atoms with Crippen LogP contribution in [-0.4, -0.2) is 42.2 Å². The summed E-state index contributed by atoms with van der Waals surface area (Å²) < 4.78 is 5.10. The Kier molecular flexibility index (Phi) is 5.16. The molecular formula is C15H25N3O. The second-order valence-corrected chi connectivity index (χ2v) is 5.21. The SMILES string of the molecule is CCC1CN(Cc2ccc(OC)nc2)C(CC)CN1. The van der Waals surface area contributed by atoms with Crippen molar-refractivity contribution in [3.63, 3.8) is 0 Å². The van der Waals surface area contributed by atoms with Crippen molar-refractivity contribution in [2.24, 2.45) is 0 Å². The Morgan fingerprint density at radius 3 is 2.79 bits per heavy atom. The molecule has 2 heterocycles. The van der Waals surface area contributed by atoms with Gasteiger partial charge in [-0.05, 0) is 18.4 Å². The van der Waals surface area contributed by atoms with Crippen LogP contribution in [0.15, 0.2) is 18.3 Å². The highest BCUT2D eigenvalue weighted by molar-refractivity contribution is 5.17. The second-order valence-electron chi connectivity index (χ2n) is 5.21. The highest BCUT2D eigenvalue weighted by Crippen LogP contribution is 2.16. The zero-order valence-corrected chi connectivity index (χ0v) is 12.2. The average Bonchev–Trinajstić information content (AvgIpc) is 2.48. The van der Waals surface area contributed by atoms with Crippen LogP contribution in [0.25, 0.3) is 0 Å². The number of hydrogen-bond donors (Lipinski definition) is 1. The molecule has 0 spiro atoms. The molecule has 1 N–H and O–H groups in total. The lowest BCUT2D eigenvalue weighted by molar-refractivity contribution is 0.117. The third-order valence-corrected chi connectivity index (χ3v) is 3.97. The van der Waals surface area contributed by atoms with E-state index in [1.54, 1.807) is 7.11 Å². The number of piperazine rings is 1. The summed E-state index contributed by atoms with van der Waals surface area (Å²) in [5.74, 6) is 0.683. The first kappa shape index (κ1) is 14.3. The van der Waals surface area contributed by atoms with Gasteiger partial charge < -0.3 is 10.1 Å². The fourth-order valence-electron chi connectivity index (χ4n) is 2.66. The molecule has 0 bridgehead atoms. The van der Waals surface area contributed by atoms with Crippen molar-refractivity contribution in [3.8, 4) is 5.88 Å². The Bertz CT molecular complexity index is 379. The largest absolute Gasteiger partial charge is 0.481 e. The molecule has 0 aromatic carbocycles. The predicted octanol–water partition coefficient (Wildman–Crippen LogP) is 2.05. The van der Waals surface area contributed by atoms with Crippen LogP contribution in [0, 0.1) is 0 Å². The van der Waals surface area contributed by atoms with Crippen LogP contribution in [0.3, 0.4) is 0 Å². The molecule has 1 aliphatic rings. The summed E-state index contributed by atoms with van der Waals surface area (Å²) in [5.41, 5.74) is 1.26. The Morgan fingerprint density at radius 1 is 1.37 bits per heavy atom. The van der Waals surface area contributed by atoms with Crippen LogP contribution >= 0.6 is 0 Å². The van der Waals surface area contributed by atoms with Crippen molar-refractivity contribution in [2.75, 3.05) is 20.2 Å². The molecule has 0 radical (unpaired) electrons. The number of ether oxygens (including phenoxy) is 1. The summed E-state index contributed by atoms with van der Waals surface area (Å²) in [6, 6.07) is 5.30. The van der Waals surface area contributed by atoms with Gasteiger partial charge in [0.1, 0.15) is 0 Å². The van der Waals surface area contributed by atoms with E-state index in [0.717, 1.165) is 19.6 Å². The fraction of sp³-hybridized carbons (Fsp3) is 0.667. The monoisotopic (exact) mass is 263 g/mol. The number of hydrogen-bond acceptors (Lipinski definition) is 4. The van der Waals surface area contributed by atoms with E-state index in [1.165, 1.54) is 18.4 Å². The third kappa shape index (κ3) is 3.67. The molecule has 4 nitrogen and oxygen atoms in total. The topological polar surface area (TPSA) is 37.4 Å². The predicted molar refractivity (Wildman–Crippen MR) is 77.4 cm³/mol. The second kappa shape index (κ2) is 6.87. The van der Waals surface area contributed by atoms with Crippen LogP contribution in [0.4, 0.5) is 0 Å². The molecule has 0 aliphatic carbocycles. The van der Waals surface area contributed by atoms with E-state index in [1.807, 2.05) is 12.3 Å². The maximum atomic E-state index is 5.10. The van der Waals surface area contributed by atoms with Crippen molar-refractivity contribution in [2.45, 2.75) is 45.3 Å². The van der Waals surface area contributed by atoms with Crippen molar-refractivity contribution in [3.05, 3.63) is 23.9 Å². The summed E-state index contributed by atoms with van der Waals surface area (Å²) in [6.07, 6.45) is 4.30. The number of nitrogens with zero attached hydrogens (tertiary/aromatic N) is 2. The standard InChI is InChI=1S/C15H25N3O/c1-4-13-11-18(14(5-2)9-16-13)10-12-6-7-15(19-3)17-8-12/h6-8,13-14,16H,4-5,9-11H2,1-3H3. The van der Waals surface area contributed by atoms with Gasteiger partial charge in [0.05, 0.1) is 7.11 Å². The minimum absolute atomic E-state index is 0.619. The van der Waals surface area contributed by atoms with Crippen LogP contribution in [0.2, 0.25) is 0 Å². The van der Waals surface area contributed by atoms with Gasteiger partial charge in [0, 0.05) is 44.0 Å². The molecule has 1 aliphatic heterocycles. The molecule has 19 heavy (non-hydrogen) atoms. The summed E-state index contributed by atoms with van der Waals surface area (Å²) >= 11 is 0. The number of aromatic nitrogens is 1. The molecule has 106 valence electrons. The van der Waals surface area contributed by atoms with E-state index in [4.69, 9.17) is 4.74 Å². The highest BCUT2D eigenvalue weighted by Gasteiger charge is 2.25. The van der Waals surface area contributed by atoms with Gasteiger partial charge in [-0.2, -0.15) is 0 Å². The van der Waals surface area contributed by atoms with Crippen LogP contribution in [-0.2, 0) is 6.54 Å². The number of methoxy groups -OCH3 is 1. The van der Waals surface area contributed by atoms with E-state index >= 15 is 0 Å². The Morgan fingerprint density at radius 2 is 2.21 bits per heavy atom. The molecule has 1 aromatic rings. The first-order valence-electron chi connectivity index (χ1n) is 7.23. The molecule has 0 amide bonds. The molecule has 2 rings (SSSR count). The number of pyridine rings is 1. The molecule has 0 saturated carbocycles. The number of nitrogens with one attached hydrogen (secondary N) is 1. The van der Waals surface area contributed by atoms with E-state index in [-0.39, 0.29) is 0 Å². The van der Waals surface area contributed by atoms with Crippen molar-refractivity contribution < 1.29 is 4.74 Å². The van der Waals surface area contributed by atoms with E-state index in [9.17, 15) is 0 Å². The van der Waals surface area contributed by atoms with Crippen molar-refractivity contribution in [1.29, 1.82) is 0 Å². The smallest absolute Gasteiger partial charge is 0.212 e. The van der Waals surface area contributed by atoms with Gasteiger partial charge in [0.2, 0.25) is 5.88 Å². The summed E-state index contributed by atoms with van der Waals surface area (Å²) in [6.45, 7) is 7.71. The van der Waals surface area contributed by atoms with Gasteiger partial charge in [0.15, 0.2) is 0 Å². The van der Waals surface area contributed by atoms with E-state index < -0.39 is 0 Å². The Labute approximate surface area is 116 Å². The van der Waals surface area contributed by atoms with E-state index in [2.05, 4.69) is 35.1 Å². The van der Waals surface area contributed by atoms with Gasteiger partial charge in [0.25, 0.3) is 0 Å². The molecule has 2 unspecified atom stereocenters. The lowest BCUT2D eigenvalue weighted by Gasteiger charge is -2.40. The summed E-state index contributed by atoms with van der Waals surface area (Å²) in [5, 5.41) is 3.63. The molecule has 2 atom stereocenters. The van der Waals surface area contributed by atoms with E-state index in [0.29, 0.717) is 18.0 Å². The zero-order valence-electron chi connectivity index (χ0n) is 12.2. The minimum atomic E-state index is 0.619. The molecule has 1 fully saturated rings. The van der Waals surface area contributed by atoms with Gasteiger partial charge in [-0.3, -0.25) is 4.90 Å². The lowest BCUT2D eigenvalue weighted by Crippen LogP contribution is -2.55. The molecule has 4 heteroatoms. The lowest BCUT2D eigenvalue weighted by atomic mass is 10.0. The average molecular weight is 263 g/mol. The van der Waals surface area contributed by atoms with Crippen LogP contribution in [0.5, 0.6) is 5.88 Å². The maximum absolute atomic E-state index is 5.10. The first-order chi connectivity index (χ1) is 9.26. The molecule has 1 saturated heterocycles. The van der Waals surface area contributed by atoms with Crippen molar-refractivity contribution in [1.82, 2.24) is 15.2 Å². The molecule has 1 aromatic heterocycles. The molecular weight excluding hydrogens is 238 g/mol. The van der Waals surface area contributed by atoms with Gasteiger partial charge in [-0.1, -0.05) is 19.9 Å². The van der Waals surface area contributed by atoms with Crippen LogP contribution in [0.1, 0.15) is 32.3 Å². The highest BCUT2D eigenvalue weighted by atomic mass is 16.5. The number of rotatable bonds is 5. The minimum Gasteiger partial charge on any atom is -0.481 e. The zero-order chi connectivity index (χ0) is 13.7. The quantitative estimate of drug-likeness (QED) is 0.882. The van der Waals surface area contributed by atoms with Crippen LogP contribution < -0.4 is 10.1 Å². The van der Waals surface area contributed by atoms with Gasteiger partial charge in [-0.25, -0.2) is 4.98 Å². The Balaban J connectivity index is 2.01. The maximum Gasteiger partial charge on any atom is 0.212 e. The third-order valence-electron chi connectivity index (χ3n) is 3.97. The fourth-order valence-corrected chi connectivity index (χ4v) is 2.66. The van der Waals surface area contributed by atoms with Gasteiger partial charge >= 0.3 is 0 Å². The normalized spacial score (nSPS) is 24.4. The Hall–Kier alpha value is -1.13. The first-order valence-corrected chi connectivity index (χ1v) is 7.23.